The molecule has 0 saturated heterocycles. The van der Waals surface area contributed by atoms with E-state index in [9.17, 15) is 0 Å². The summed E-state index contributed by atoms with van der Waals surface area (Å²) in [6.07, 6.45) is 2.10. The van der Waals surface area contributed by atoms with E-state index in [1.54, 1.807) is 0 Å². The van der Waals surface area contributed by atoms with Gasteiger partial charge in [-0.3, -0.25) is 0 Å². The first-order valence-electron chi connectivity index (χ1n) is 4.98. The van der Waals surface area contributed by atoms with Gasteiger partial charge in [0.1, 0.15) is 0 Å². The first-order valence-corrected chi connectivity index (χ1v) is 4.98. The summed E-state index contributed by atoms with van der Waals surface area (Å²) in [5, 5.41) is 1.27. The van der Waals surface area contributed by atoms with Crippen LogP contribution in [0.2, 0.25) is 0 Å². The number of hydrogen-bond acceptors (Lipinski definition) is 0. The Bertz CT molecular complexity index is 578. The first kappa shape index (κ1) is 8.30. The molecule has 0 bridgehead atoms. The van der Waals surface area contributed by atoms with E-state index in [0.717, 1.165) is 0 Å². The first-order chi connectivity index (χ1) is 7.45. The molecular weight excluding hydrogens is 182 g/mol. The Morgan fingerprint density at radius 3 is 2.53 bits per heavy atom. The molecule has 0 atom stereocenters. The Kier molecular flexibility index (Phi) is 1.82. The second-order valence-electron chi connectivity index (χ2n) is 3.50. The predicted octanol–water partition coefficient (Wildman–Crippen LogP) is 3.43. The molecule has 1 aromatic heterocycles. The zero-order valence-corrected chi connectivity index (χ0v) is 8.22. The van der Waals surface area contributed by atoms with Gasteiger partial charge in [0.05, 0.1) is 5.52 Å². The van der Waals surface area contributed by atoms with Crippen LogP contribution in [0.25, 0.3) is 16.6 Å². The lowest BCUT2D eigenvalue weighted by molar-refractivity contribution is 1.13. The molecule has 1 nitrogen and oxygen atoms in total. The molecule has 1 heteroatoms. The topological polar surface area (TPSA) is 4.93 Å². The molecule has 15 heavy (non-hydrogen) atoms. The van der Waals surface area contributed by atoms with Crippen LogP contribution in [-0.2, 0) is 0 Å². The Labute approximate surface area is 88.6 Å². The van der Waals surface area contributed by atoms with Gasteiger partial charge in [-0.05, 0) is 35.7 Å². The maximum absolute atomic E-state index is 3.03. The zero-order valence-electron chi connectivity index (χ0n) is 8.22. The van der Waals surface area contributed by atoms with Crippen molar-refractivity contribution in [3.8, 4) is 5.69 Å². The third-order valence-electron chi connectivity index (χ3n) is 2.58. The SMILES string of the molecule is [c]1ccc(-n2ccc3ccccc32)cc1. The molecule has 71 valence electrons. The molecule has 0 N–H and O–H groups in total. The zero-order chi connectivity index (χ0) is 10.1. The van der Waals surface area contributed by atoms with Crippen molar-refractivity contribution in [1.82, 2.24) is 4.57 Å². The summed E-state index contributed by atoms with van der Waals surface area (Å²) in [6.45, 7) is 0. The van der Waals surface area contributed by atoms with Gasteiger partial charge >= 0.3 is 0 Å². The summed E-state index contributed by atoms with van der Waals surface area (Å²) in [6, 6.07) is 21.5. The van der Waals surface area contributed by atoms with Crippen molar-refractivity contribution >= 4 is 10.9 Å². The van der Waals surface area contributed by atoms with Gasteiger partial charge in [-0.15, -0.1) is 0 Å². The number of rotatable bonds is 1. The van der Waals surface area contributed by atoms with Crippen LogP contribution in [-0.4, -0.2) is 4.57 Å². The van der Waals surface area contributed by atoms with E-state index >= 15 is 0 Å². The summed E-state index contributed by atoms with van der Waals surface area (Å²) in [7, 11) is 0. The fraction of sp³-hybridized carbons (Fsp3) is 0. The highest BCUT2D eigenvalue weighted by Crippen LogP contribution is 2.19. The number of para-hydroxylation sites is 1. The minimum Gasteiger partial charge on any atom is -0.317 e. The van der Waals surface area contributed by atoms with Gasteiger partial charge in [0.25, 0.3) is 0 Å². The summed E-state index contributed by atoms with van der Waals surface area (Å²) >= 11 is 0. The van der Waals surface area contributed by atoms with Crippen LogP contribution in [0.5, 0.6) is 0 Å². The van der Waals surface area contributed by atoms with E-state index in [1.807, 2.05) is 12.1 Å². The largest absolute Gasteiger partial charge is 0.317 e. The second kappa shape index (κ2) is 3.28. The Morgan fingerprint density at radius 2 is 1.67 bits per heavy atom. The molecule has 0 aliphatic rings. The summed E-state index contributed by atoms with van der Waals surface area (Å²) in [5.41, 5.74) is 2.42. The van der Waals surface area contributed by atoms with Gasteiger partial charge in [-0.1, -0.05) is 30.3 Å². The summed E-state index contributed by atoms with van der Waals surface area (Å²) in [5.74, 6) is 0. The summed E-state index contributed by atoms with van der Waals surface area (Å²) < 4.78 is 2.18. The summed E-state index contributed by atoms with van der Waals surface area (Å²) in [4.78, 5) is 0. The molecule has 1 radical (unpaired) electrons. The Hall–Kier alpha value is -2.02. The molecule has 0 aliphatic heterocycles. The molecule has 3 rings (SSSR count). The number of fused-ring (bicyclic) bond motifs is 1. The third kappa shape index (κ3) is 1.33. The average Bonchev–Trinajstić information content (AvgIpc) is 2.74. The smallest absolute Gasteiger partial charge is 0.0528 e. The monoisotopic (exact) mass is 192 g/mol. The molecule has 0 unspecified atom stereocenters. The van der Waals surface area contributed by atoms with E-state index in [-0.39, 0.29) is 0 Å². The molecule has 0 spiro atoms. The van der Waals surface area contributed by atoms with Crippen LogP contribution in [0, 0.1) is 6.07 Å². The van der Waals surface area contributed by atoms with Crippen molar-refractivity contribution in [2.75, 3.05) is 0 Å². The fourth-order valence-electron chi connectivity index (χ4n) is 1.85. The van der Waals surface area contributed by atoms with Gasteiger partial charge < -0.3 is 4.57 Å². The van der Waals surface area contributed by atoms with E-state index in [0.29, 0.717) is 0 Å². The van der Waals surface area contributed by atoms with Crippen molar-refractivity contribution in [1.29, 1.82) is 0 Å². The maximum atomic E-state index is 3.03. The quantitative estimate of drug-likeness (QED) is 0.556. The second-order valence-corrected chi connectivity index (χ2v) is 3.50. The number of hydrogen-bond donors (Lipinski definition) is 0. The fourth-order valence-corrected chi connectivity index (χ4v) is 1.85. The third-order valence-corrected chi connectivity index (χ3v) is 2.58. The molecule has 2 aromatic carbocycles. The van der Waals surface area contributed by atoms with Gasteiger partial charge in [0, 0.05) is 11.9 Å². The highest BCUT2D eigenvalue weighted by Gasteiger charge is 2.00. The lowest BCUT2D eigenvalue weighted by atomic mass is 10.2. The Morgan fingerprint density at radius 1 is 0.867 bits per heavy atom. The number of benzene rings is 2. The predicted molar refractivity (Wildman–Crippen MR) is 62.1 cm³/mol. The van der Waals surface area contributed by atoms with Crippen molar-refractivity contribution in [2.45, 2.75) is 0 Å². The minimum absolute atomic E-state index is 1.18. The molecule has 1 heterocycles. The molecule has 3 aromatic rings. The van der Waals surface area contributed by atoms with Crippen LogP contribution in [0.1, 0.15) is 0 Å². The van der Waals surface area contributed by atoms with Gasteiger partial charge in [-0.25, -0.2) is 0 Å². The highest BCUT2D eigenvalue weighted by molar-refractivity contribution is 5.81. The van der Waals surface area contributed by atoms with Crippen LogP contribution < -0.4 is 0 Å². The van der Waals surface area contributed by atoms with Crippen molar-refractivity contribution < 1.29 is 0 Å². The molecular formula is C14H10N. The number of aromatic nitrogens is 1. The number of nitrogens with zero attached hydrogens (tertiary/aromatic N) is 1. The van der Waals surface area contributed by atoms with Gasteiger partial charge in [0.15, 0.2) is 0 Å². The molecule has 0 saturated carbocycles. The van der Waals surface area contributed by atoms with Gasteiger partial charge in [0.2, 0.25) is 0 Å². The average molecular weight is 192 g/mol. The van der Waals surface area contributed by atoms with E-state index in [2.05, 4.69) is 59.3 Å². The van der Waals surface area contributed by atoms with Crippen molar-refractivity contribution in [3.63, 3.8) is 0 Å². The van der Waals surface area contributed by atoms with Crippen molar-refractivity contribution in [2.24, 2.45) is 0 Å². The van der Waals surface area contributed by atoms with E-state index in [4.69, 9.17) is 0 Å². The van der Waals surface area contributed by atoms with E-state index in [1.165, 1.54) is 16.6 Å². The molecule has 0 fully saturated rings. The standard InChI is InChI=1S/C14H10N/c1-2-7-13(8-3-1)15-11-10-12-6-4-5-9-14(12)15/h2-11H. The van der Waals surface area contributed by atoms with Crippen LogP contribution >= 0.6 is 0 Å². The maximum Gasteiger partial charge on any atom is 0.0528 e. The lowest BCUT2D eigenvalue weighted by Crippen LogP contribution is -1.89. The normalized spacial score (nSPS) is 10.7. The van der Waals surface area contributed by atoms with Crippen LogP contribution in [0.3, 0.4) is 0 Å². The minimum atomic E-state index is 1.18. The highest BCUT2D eigenvalue weighted by atomic mass is 15.0. The Balaban J connectivity index is 2.28. The van der Waals surface area contributed by atoms with Gasteiger partial charge in [-0.2, -0.15) is 0 Å². The van der Waals surface area contributed by atoms with E-state index < -0.39 is 0 Å². The lowest BCUT2D eigenvalue weighted by Gasteiger charge is -2.04. The van der Waals surface area contributed by atoms with Crippen molar-refractivity contribution in [3.05, 3.63) is 66.9 Å². The van der Waals surface area contributed by atoms with Crippen LogP contribution in [0.4, 0.5) is 0 Å². The molecule has 0 amide bonds. The van der Waals surface area contributed by atoms with Crippen LogP contribution in [0.15, 0.2) is 60.8 Å². The molecule has 0 aliphatic carbocycles.